The Labute approximate surface area is 122 Å². The predicted molar refractivity (Wildman–Crippen MR) is 75.4 cm³/mol. The van der Waals surface area contributed by atoms with Gasteiger partial charge in [0, 0.05) is 17.5 Å². The minimum Gasteiger partial charge on any atom is -0.392 e. The summed E-state index contributed by atoms with van der Waals surface area (Å²) in [4.78, 5) is 12.0. The van der Waals surface area contributed by atoms with Crippen molar-refractivity contribution >= 4 is 17.7 Å². The molecule has 20 heavy (non-hydrogen) atoms. The number of nitrogens with zero attached hydrogens (tertiary/aromatic N) is 3. The normalized spacial score (nSPS) is 27.9. The Bertz CT molecular complexity index is 512. The first-order valence-electron chi connectivity index (χ1n) is 6.98. The summed E-state index contributed by atoms with van der Waals surface area (Å²) in [5, 5.41) is 21.4. The molecule has 1 heterocycles. The summed E-state index contributed by atoms with van der Waals surface area (Å²) in [7, 11) is 0. The Hall–Kier alpha value is -1.08. The Morgan fingerprint density at radius 3 is 2.95 bits per heavy atom. The summed E-state index contributed by atoms with van der Waals surface area (Å²) in [6.45, 7) is 3.95. The third kappa shape index (κ3) is 2.56. The van der Waals surface area contributed by atoms with Crippen molar-refractivity contribution < 1.29 is 9.90 Å². The monoisotopic (exact) mass is 296 g/mol. The summed E-state index contributed by atoms with van der Waals surface area (Å²) < 4.78 is 2.05. The highest BCUT2D eigenvalue weighted by Crippen LogP contribution is 2.40. The van der Waals surface area contributed by atoms with Crippen molar-refractivity contribution in [3.63, 3.8) is 0 Å². The molecule has 1 amide bonds. The highest BCUT2D eigenvalue weighted by Gasteiger charge is 2.47. The fourth-order valence-electron chi connectivity index (χ4n) is 2.45. The zero-order valence-electron chi connectivity index (χ0n) is 11.7. The van der Waals surface area contributed by atoms with E-state index in [9.17, 15) is 9.90 Å². The molecule has 0 aromatic carbocycles. The first-order chi connectivity index (χ1) is 9.48. The standard InChI is InChI=1S/C13H20N4O2S/c1-13(2)9(5-10(13)18)15-11(19)6-20-12-16-14-7-17(12)8-3-4-8/h7-10,18H,3-6H2,1-2H3,(H,15,19). The van der Waals surface area contributed by atoms with Crippen LogP contribution in [-0.2, 0) is 4.79 Å². The molecule has 7 heteroatoms. The predicted octanol–water partition coefficient (Wildman–Crippen LogP) is 0.981. The molecule has 3 rings (SSSR count). The molecule has 1 aromatic rings. The van der Waals surface area contributed by atoms with Gasteiger partial charge in [-0.1, -0.05) is 25.6 Å². The van der Waals surface area contributed by atoms with Crippen molar-refractivity contribution in [3.05, 3.63) is 6.33 Å². The van der Waals surface area contributed by atoms with Gasteiger partial charge in [0.15, 0.2) is 5.16 Å². The molecule has 2 aliphatic carbocycles. The van der Waals surface area contributed by atoms with Crippen LogP contribution >= 0.6 is 11.8 Å². The Balaban J connectivity index is 1.49. The number of aliphatic hydroxyl groups excluding tert-OH is 1. The van der Waals surface area contributed by atoms with E-state index in [0.29, 0.717) is 18.2 Å². The number of aromatic nitrogens is 3. The van der Waals surface area contributed by atoms with Crippen molar-refractivity contribution in [2.45, 2.75) is 56.5 Å². The van der Waals surface area contributed by atoms with Crippen LogP contribution in [0.1, 0.15) is 39.2 Å². The van der Waals surface area contributed by atoms with E-state index >= 15 is 0 Å². The first kappa shape index (κ1) is 13.9. The highest BCUT2D eigenvalue weighted by atomic mass is 32.2. The summed E-state index contributed by atoms with van der Waals surface area (Å²) in [6.07, 6.45) is 4.40. The van der Waals surface area contributed by atoms with Crippen LogP contribution in [0.4, 0.5) is 0 Å². The maximum atomic E-state index is 12.0. The van der Waals surface area contributed by atoms with E-state index in [1.807, 2.05) is 13.8 Å². The quantitative estimate of drug-likeness (QED) is 0.792. The van der Waals surface area contributed by atoms with E-state index in [1.54, 1.807) is 6.33 Å². The van der Waals surface area contributed by atoms with Gasteiger partial charge in [-0.05, 0) is 19.3 Å². The van der Waals surface area contributed by atoms with Crippen molar-refractivity contribution in [3.8, 4) is 0 Å². The number of carbonyl (C=O) groups is 1. The van der Waals surface area contributed by atoms with E-state index in [1.165, 1.54) is 24.6 Å². The van der Waals surface area contributed by atoms with Crippen LogP contribution in [0.2, 0.25) is 0 Å². The van der Waals surface area contributed by atoms with Gasteiger partial charge in [0.25, 0.3) is 0 Å². The molecule has 1 aromatic heterocycles. The molecule has 0 saturated heterocycles. The molecular weight excluding hydrogens is 276 g/mol. The molecular formula is C13H20N4O2S. The van der Waals surface area contributed by atoms with Gasteiger partial charge in [-0.2, -0.15) is 0 Å². The maximum absolute atomic E-state index is 12.0. The molecule has 2 unspecified atom stereocenters. The van der Waals surface area contributed by atoms with Crippen LogP contribution in [0.25, 0.3) is 0 Å². The molecule has 0 radical (unpaired) electrons. The van der Waals surface area contributed by atoms with Crippen molar-refractivity contribution in [1.29, 1.82) is 0 Å². The van der Waals surface area contributed by atoms with Gasteiger partial charge in [0.1, 0.15) is 6.33 Å². The Morgan fingerprint density at radius 2 is 2.35 bits per heavy atom. The second-order valence-corrected chi connectivity index (χ2v) is 7.18. The average Bonchev–Trinajstić information content (AvgIpc) is 3.15. The van der Waals surface area contributed by atoms with Crippen LogP contribution in [0.5, 0.6) is 0 Å². The summed E-state index contributed by atoms with van der Waals surface area (Å²) in [5.74, 6) is 0.332. The number of carbonyl (C=O) groups excluding carboxylic acids is 1. The van der Waals surface area contributed by atoms with Crippen LogP contribution in [0.3, 0.4) is 0 Å². The van der Waals surface area contributed by atoms with Crippen LogP contribution in [-0.4, -0.2) is 43.7 Å². The molecule has 6 nitrogen and oxygen atoms in total. The number of amides is 1. The lowest BCUT2D eigenvalue weighted by atomic mass is 9.64. The molecule has 2 fully saturated rings. The first-order valence-corrected chi connectivity index (χ1v) is 7.97. The largest absolute Gasteiger partial charge is 0.392 e. The van der Waals surface area contributed by atoms with E-state index in [2.05, 4.69) is 20.1 Å². The van der Waals surface area contributed by atoms with Crippen LogP contribution in [0.15, 0.2) is 11.5 Å². The molecule has 0 aliphatic heterocycles. The second kappa shape index (κ2) is 5.04. The number of rotatable bonds is 5. The third-order valence-electron chi connectivity index (χ3n) is 4.36. The van der Waals surface area contributed by atoms with Gasteiger partial charge in [0.05, 0.1) is 11.9 Å². The topological polar surface area (TPSA) is 80.0 Å². The Kier molecular flexibility index (Phi) is 3.50. The van der Waals surface area contributed by atoms with Gasteiger partial charge in [-0.15, -0.1) is 10.2 Å². The Morgan fingerprint density at radius 1 is 1.60 bits per heavy atom. The van der Waals surface area contributed by atoms with Crippen molar-refractivity contribution in [2.24, 2.45) is 5.41 Å². The zero-order valence-corrected chi connectivity index (χ0v) is 12.6. The summed E-state index contributed by atoms with van der Waals surface area (Å²) in [6, 6.07) is 0.586. The van der Waals surface area contributed by atoms with Crippen LogP contribution < -0.4 is 5.32 Å². The summed E-state index contributed by atoms with van der Waals surface area (Å²) in [5.41, 5.74) is -0.228. The van der Waals surface area contributed by atoms with E-state index < -0.39 is 0 Å². The SMILES string of the molecule is CC1(C)C(O)CC1NC(=O)CSc1nncn1C1CC1. The molecule has 0 bridgehead atoms. The van der Waals surface area contributed by atoms with Crippen molar-refractivity contribution in [1.82, 2.24) is 20.1 Å². The molecule has 2 aliphatic rings. The number of hydrogen-bond acceptors (Lipinski definition) is 5. The van der Waals surface area contributed by atoms with Crippen molar-refractivity contribution in [2.75, 3.05) is 5.75 Å². The smallest absolute Gasteiger partial charge is 0.230 e. The highest BCUT2D eigenvalue weighted by molar-refractivity contribution is 7.99. The van der Waals surface area contributed by atoms with E-state index in [4.69, 9.17) is 0 Å². The van der Waals surface area contributed by atoms with Gasteiger partial charge >= 0.3 is 0 Å². The summed E-state index contributed by atoms with van der Waals surface area (Å²) >= 11 is 1.42. The fraction of sp³-hybridized carbons (Fsp3) is 0.769. The van der Waals surface area contributed by atoms with Gasteiger partial charge in [-0.3, -0.25) is 4.79 Å². The fourth-order valence-corrected chi connectivity index (χ4v) is 3.25. The minimum absolute atomic E-state index is 0.00896. The number of thioether (sulfide) groups is 1. The van der Waals surface area contributed by atoms with E-state index in [-0.39, 0.29) is 23.5 Å². The number of nitrogens with one attached hydrogen (secondary N) is 1. The molecule has 2 atom stereocenters. The number of hydrogen-bond donors (Lipinski definition) is 2. The lowest BCUT2D eigenvalue weighted by molar-refractivity contribution is -0.126. The minimum atomic E-state index is -0.321. The van der Waals surface area contributed by atoms with E-state index in [0.717, 1.165) is 5.16 Å². The van der Waals surface area contributed by atoms with Gasteiger partial charge < -0.3 is 15.0 Å². The molecule has 2 saturated carbocycles. The molecule has 2 N–H and O–H groups in total. The maximum Gasteiger partial charge on any atom is 0.230 e. The van der Waals surface area contributed by atoms with Crippen LogP contribution in [0, 0.1) is 5.41 Å². The lowest BCUT2D eigenvalue weighted by Crippen LogP contribution is -2.61. The number of aliphatic hydroxyl groups is 1. The second-order valence-electron chi connectivity index (χ2n) is 6.23. The average molecular weight is 296 g/mol. The molecule has 110 valence electrons. The zero-order chi connectivity index (χ0) is 14.3. The van der Waals surface area contributed by atoms with Gasteiger partial charge in [-0.25, -0.2) is 0 Å². The third-order valence-corrected chi connectivity index (χ3v) is 5.32. The van der Waals surface area contributed by atoms with Gasteiger partial charge in [0.2, 0.25) is 5.91 Å². The molecule has 0 spiro atoms. The lowest BCUT2D eigenvalue weighted by Gasteiger charge is -2.49.